The summed E-state index contributed by atoms with van der Waals surface area (Å²) in [5, 5.41) is 8.96. The van der Waals surface area contributed by atoms with Crippen molar-refractivity contribution in [1.82, 2.24) is 16.0 Å². The number of halogens is 1. The Morgan fingerprint density at radius 1 is 1.24 bits per heavy atom. The van der Waals surface area contributed by atoms with Gasteiger partial charge in [0.05, 0.1) is 0 Å². The molecule has 114 valence electrons. The van der Waals surface area contributed by atoms with Crippen molar-refractivity contribution in [3.05, 3.63) is 34.9 Å². The van der Waals surface area contributed by atoms with Gasteiger partial charge < -0.3 is 10.6 Å². The summed E-state index contributed by atoms with van der Waals surface area (Å²) < 4.78 is 0. The molecule has 1 aliphatic heterocycles. The van der Waals surface area contributed by atoms with E-state index in [2.05, 4.69) is 16.0 Å². The minimum atomic E-state index is -0.439. The molecule has 0 radical (unpaired) electrons. The van der Waals surface area contributed by atoms with E-state index in [4.69, 9.17) is 11.6 Å². The number of rotatable bonds is 4. The minimum absolute atomic E-state index is 0.0689. The Hall–Kier alpha value is -1.59. The predicted octanol–water partition coefficient (Wildman–Crippen LogP) is 1.71. The normalized spacial score (nSPS) is 15.5. The van der Waals surface area contributed by atoms with Crippen molar-refractivity contribution in [2.45, 2.75) is 19.3 Å². The number of hydrogen-bond acceptors (Lipinski definition) is 3. The average molecular weight is 310 g/mol. The fourth-order valence-corrected chi connectivity index (χ4v) is 2.58. The third-order valence-corrected chi connectivity index (χ3v) is 3.95. The zero-order chi connectivity index (χ0) is 15.1. The van der Waals surface area contributed by atoms with E-state index in [1.807, 2.05) is 24.3 Å². The first-order valence-electron chi connectivity index (χ1n) is 7.19. The van der Waals surface area contributed by atoms with Gasteiger partial charge in [-0.2, -0.15) is 0 Å². The number of carbonyl (C=O) groups is 2. The summed E-state index contributed by atoms with van der Waals surface area (Å²) >= 11 is 6.04. The lowest BCUT2D eigenvalue weighted by Gasteiger charge is -2.21. The molecule has 3 N–H and O–H groups in total. The molecule has 0 atom stereocenters. The summed E-state index contributed by atoms with van der Waals surface area (Å²) in [6, 6.07) is 7.07. The fourth-order valence-electron chi connectivity index (χ4n) is 2.35. The maximum Gasteiger partial charge on any atom is 0.321 e. The predicted molar refractivity (Wildman–Crippen MR) is 82.3 cm³/mol. The molecule has 1 aromatic carbocycles. The van der Waals surface area contributed by atoms with E-state index in [9.17, 15) is 9.59 Å². The monoisotopic (exact) mass is 309 g/mol. The quantitative estimate of drug-likeness (QED) is 0.793. The number of piperidine rings is 1. The fraction of sp³-hybridized carbons (Fsp3) is 0.467. The average Bonchev–Trinajstić information content (AvgIpc) is 2.50. The van der Waals surface area contributed by atoms with Gasteiger partial charge in [0.25, 0.3) is 0 Å². The standard InChI is InChI=1S/C15H20ClN3O2/c16-13-4-2-1-3-11(13)7-10-18-15(21)19-14(20)12-5-8-17-9-6-12/h1-4,12,17H,5-10H2,(H2,18,19,20,21). The van der Waals surface area contributed by atoms with Gasteiger partial charge in [-0.25, -0.2) is 4.79 Å². The highest BCUT2D eigenvalue weighted by Gasteiger charge is 2.22. The van der Waals surface area contributed by atoms with Crippen molar-refractivity contribution in [3.63, 3.8) is 0 Å². The molecule has 0 aromatic heterocycles. The smallest absolute Gasteiger partial charge is 0.321 e. The van der Waals surface area contributed by atoms with E-state index in [1.165, 1.54) is 0 Å². The summed E-state index contributed by atoms with van der Waals surface area (Å²) in [6.45, 7) is 2.09. The van der Waals surface area contributed by atoms with Crippen LogP contribution in [0.5, 0.6) is 0 Å². The van der Waals surface area contributed by atoms with Crippen LogP contribution in [0.15, 0.2) is 24.3 Å². The van der Waals surface area contributed by atoms with E-state index >= 15 is 0 Å². The molecule has 2 rings (SSSR count). The van der Waals surface area contributed by atoms with Crippen LogP contribution in [0.4, 0.5) is 4.79 Å². The lowest BCUT2D eigenvalue weighted by atomic mass is 9.97. The van der Waals surface area contributed by atoms with Gasteiger partial charge in [0.2, 0.25) is 5.91 Å². The Kier molecular flexibility index (Phi) is 6.02. The van der Waals surface area contributed by atoms with Gasteiger partial charge in [0, 0.05) is 17.5 Å². The van der Waals surface area contributed by atoms with Crippen LogP contribution in [0, 0.1) is 5.92 Å². The van der Waals surface area contributed by atoms with Gasteiger partial charge in [-0.05, 0) is 44.0 Å². The van der Waals surface area contributed by atoms with E-state index in [-0.39, 0.29) is 11.8 Å². The Balaban J connectivity index is 1.70. The third kappa shape index (κ3) is 5.02. The molecule has 1 saturated heterocycles. The Bertz CT molecular complexity index is 501. The van der Waals surface area contributed by atoms with Crippen LogP contribution in [-0.4, -0.2) is 31.6 Å². The van der Waals surface area contributed by atoms with Crippen molar-refractivity contribution in [2.75, 3.05) is 19.6 Å². The van der Waals surface area contributed by atoms with E-state index in [0.717, 1.165) is 31.5 Å². The number of benzene rings is 1. The molecule has 0 aliphatic carbocycles. The van der Waals surface area contributed by atoms with Gasteiger partial charge in [-0.15, -0.1) is 0 Å². The Morgan fingerprint density at radius 3 is 2.67 bits per heavy atom. The molecule has 5 nitrogen and oxygen atoms in total. The molecule has 21 heavy (non-hydrogen) atoms. The van der Waals surface area contributed by atoms with Crippen molar-refractivity contribution in [3.8, 4) is 0 Å². The van der Waals surface area contributed by atoms with E-state index < -0.39 is 6.03 Å². The third-order valence-electron chi connectivity index (χ3n) is 3.58. The van der Waals surface area contributed by atoms with Crippen LogP contribution in [0.3, 0.4) is 0 Å². The van der Waals surface area contributed by atoms with Crippen LogP contribution in [0.25, 0.3) is 0 Å². The Labute approximate surface area is 129 Å². The number of hydrogen-bond donors (Lipinski definition) is 3. The second-order valence-corrected chi connectivity index (χ2v) is 5.52. The van der Waals surface area contributed by atoms with E-state index in [0.29, 0.717) is 18.0 Å². The number of urea groups is 1. The SMILES string of the molecule is O=C(NCCc1ccccc1Cl)NC(=O)C1CCNCC1. The summed E-state index contributed by atoms with van der Waals surface area (Å²) in [6.07, 6.45) is 2.19. The van der Waals surface area contributed by atoms with Crippen LogP contribution in [-0.2, 0) is 11.2 Å². The molecular formula is C15H20ClN3O2. The first kappa shape index (κ1) is 15.8. The minimum Gasteiger partial charge on any atom is -0.337 e. The zero-order valence-electron chi connectivity index (χ0n) is 11.8. The van der Waals surface area contributed by atoms with Crippen molar-refractivity contribution >= 4 is 23.5 Å². The van der Waals surface area contributed by atoms with Gasteiger partial charge >= 0.3 is 6.03 Å². The second-order valence-electron chi connectivity index (χ2n) is 5.11. The summed E-state index contributed by atoms with van der Waals surface area (Å²) in [4.78, 5) is 23.6. The number of imide groups is 1. The number of carbonyl (C=O) groups excluding carboxylic acids is 2. The first-order chi connectivity index (χ1) is 10.2. The number of nitrogens with one attached hydrogen (secondary N) is 3. The zero-order valence-corrected chi connectivity index (χ0v) is 12.6. The largest absolute Gasteiger partial charge is 0.337 e. The molecule has 1 heterocycles. The second kappa shape index (κ2) is 8.00. The lowest BCUT2D eigenvalue weighted by molar-refractivity contribution is -0.124. The molecule has 0 saturated carbocycles. The topological polar surface area (TPSA) is 70.2 Å². The summed E-state index contributed by atoms with van der Waals surface area (Å²) in [7, 11) is 0. The van der Waals surface area contributed by atoms with Crippen molar-refractivity contribution in [2.24, 2.45) is 5.92 Å². The van der Waals surface area contributed by atoms with Gasteiger partial charge in [-0.3, -0.25) is 10.1 Å². The molecule has 0 spiro atoms. The molecule has 0 unspecified atom stereocenters. The highest BCUT2D eigenvalue weighted by atomic mass is 35.5. The van der Waals surface area contributed by atoms with Crippen molar-refractivity contribution < 1.29 is 9.59 Å². The molecule has 3 amide bonds. The summed E-state index contributed by atoms with van der Waals surface area (Å²) in [5.74, 6) is -0.257. The molecule has 1 fully saturated rings. The van der Waals surface area contributed by atoms with Crippen LogP contribution in [0.2, 0.25) is 5.02 Å². The van der Waals surface area contributed by atoms with E-state index in [1.54, 1.807) is 0 Å². The van der Waals surface area contributed by atoms with Gasteiger partial charge in [0.15, 0.2) is 0 Å². The molecular weight excluding hydrogens is 290 g/mol. The maximum absolute atomic E-state index is 11.9. The highest BCUT2D eigenvalue weighted by molar-refractivity contribution is 6.31. The van der Waals surface area contributed by atoms with Gasteiger partial charge in [-0.1, -0.05) is 29.8 Å². The van der Waals surface area contributed by atoms with Crippen LogP contribution in [0.1, 0.15) is 18.4 Å². The maximum atomic E-state index is 11.9. The first-order valence-corrected chi connectivity index (χ1v) is 7.57. The molecule has 1 aliphatic rings. The highest BCUT2D eigenvalue weighted by Crippen LogP contribution is 2.14. The summed E-state index contributed by atoms with van der Waals surface area (Å²) in [5.41, 5.74) is 0.976. The molecule has 6 heteroatoms. The number of amides is 3. The molecule has 0 bridgehead atoms. The Morgan fingerprint density at radius 2 is 1.95 bits per heavy atom. The van der Waals surface area contributed by atoms with Crippen molar-refractivity contribution in [1.29, 1.82) is 0 Å². The van der Waals surface area contributed by atoms with Crippen LogP contribution < -0.4 is 16.0 Å². The lowest BCUT2D eigenvalue weighted by Crippen LogP contribution is -2.45. The molecule has 1 aromatic rings. The van der Waals surface area contributed by atoms with Gasteiger partial charge in [0.1, 0.15) is 0 Å². The van der Waals surface area contributed by atoms with Crippen LogP contribution >= 0.6 is 11.6 Å².